The van der Waals surface area contributed by atoms with Gasteiger partial charge in [-0.25, -0.2) is 4.98 Å². The Morgan fingerprint density at radius 3 is 2.86 bits per heavy atom. The minimum Gasteiger partial charge on any atom is -0.497 e. The van der Waals surface area contributed by atoms with E-state index in [-0.39, 0.29) is 6.04 Å². The van der Waals surface area contributed by atoms with Crippen molar-refractivity contribution < 1.29 is 4.74 Å². The van der Waals surface area contributed by atoms with Gasteiger partial charge in [-0.2, -0.15) is 0 Å². The van der Waals surface area contributed by atoms with Gasteiger partial charge in [0.05, 0.1) is 13.2 Å². The van der Waals surface area contributed by atoms with Crippen molar-refractivity contribution in [3.63, 3.8) is 0 Å². The number of ether oxygens (including phenoxy) is 1. The summed E-state index contributed by atoms with van der Waals surface area (Å²) >= 11 is 0. The first-order chi connectivity index (χ1) is 10.3. The average molecular weight is 287 g/mol. The first kappa shape index (κ1) is 15.6. The first-order valence-corrected chi connectivity index (χ1v) is 7.68. The number of nitrogens with zero attached hydrogens (tertiary/aromatic N) is 2. The van der Waals surface area contributed by atoms with Crippen molar-refractivity contribution in [3.8, 4) is 5.75 Å². The maximum atomic E-state index is 5.35. The summed E-state index contributed by atoms with van der Waals surface area (Å²) in [5.74, 6) is 1.95. The molecule has 0 aliphatic heterocycles. The van der Waals surface area contributed by atoms with Crippen LogP contribution < -0.4 is 10.1 Å². The molecule has 0 radical (unpaired) electrons. The third kappa shape index (κ3) is 3.85. The van der Waals surface area contributed by atoms with Gasteiger partial charge in [-0.1, -0.05) is 26.0 Å². The maximum absolute atomic E-state index is 5.35. The summed E-state index contributed by atoms with van der Waals surface area (Å²) in [6.07, 6.45) is 6.13. The number of aromatic nitrogens is 2. The van der Waals surface area contributed by atoms with Crippen LogP contribution in [0.25, 0.3) is 0 Å². The molecule has 1 atom stereocenters. The second-order valence-corrected chi connectivity index (χ2v) is 5.14. The van der Waals surface area contributed by atoms with Crippen molar-refractivity contribution in [2.45, 2.75) is 39.3 Å². The summed E-state index contributed by atoms with van der Waals surface area (Å²) in [6.45, 7) is 6.31. The summed E-state index contributed by atoms with van der Waals surface area (Å²) in [4.78, 5) is 4.58. The van der Waals surface area contributed by atoms with Crippen LogP contribution in [-0.2, 0) is 6.54 Å². The third-order valence-electron chi connectivity index (χ3n) is 3.50. The minimum atomic E-state index is 0.0987. The highest BCUT2D eigenvalue weighted by atomic mass is 16.5. The SMILES string of the molecule is CCCNC(c1cccc(OC)c1)c1nccn1CCC. The molecule has 0 aliphatic rings. The fraction of sp³-hybridized carbons (Fsp3) is 0.471. The molecule has 1 unspecified atom stereocenters. The average Bonchev–Trinajstić information content (AvgIpc) is 2.97. The molecule has 114 valence electrons. The Bertz CT molecular complexity index is 550. The van der Waals surface area contributed by atoms with Gasteiger partial charge in [0, 0.05) is 18.9 Å². The van der Waals surface area contributed by atoms with E-state index in [1.807, 2.05) is 18.3 Å². The molecule has 1 N–H and O–H groups in total. The highest BCUT2D eigenvalue weighted by Gasteiger charge is 2.18. The van der Waals surface area contributed by atoms with Crippen molar-refractivity contribution in [2.75, 3.05) is 13.7 Å². The van der Waals surface area contributed by atoms with Crippen LogP contribution in [0, 0.1) is 0 Å². The highest BCUT2D eigenvalue weighted by molar-refractivity contribution is 5.33. The van der Waals surface area contributed by atoms with Crippen molar-refractivity contribution in [2.24, 2.45) is 0 Å². The van der Waals surface area contributed by atoms with Crippen molar-refractivity contribution in [1.82, 2.24) is 14.9 Å². The lowest BCUT2D eigenvalue weighted by Gasteiger charge is -2.20. The molecule has 0 amide bonds. The van der Waals surface area contributed by atoms with Crippen molar-refractivity contribution >= 4 is 0 Å². The summed E-state index contributed by atoms with van der Waals surface area (Å²) in [7, 11) is 1.70. The number of nitrogens with one attached hydrogen (secondary N) is 1. The van der Waals surface area contributed by atoms with Gasteiger partial charge in [-0.15, -0.1) is 0 Å². The lowest BCUT2D eigenvalue weighted by atomic mass is 10.1. The maximum Gasteiger partial charge on any atom is 0.130 e. The number of aryl methyl sites for hydroxylation is 1. The van der Waals surface area contributed by atoms with Gasteiger partial charge in [0.15, 0.2) is 0 Å². The monoisotopic (exact) mass is 287 g/mol. The zero-order valence-corrected chi connectivity index (χ0v) is 13.2. The van der Waals surface area contributed by atoms with E-state index < -0.39 is 0 Å². The van der Waals surface area contributed by atoms with Crippen LogP contribution in [0.1, 0.15) is 44.1 Å². The summed E-state index contributed by atoms with van der Waals surface area (Å²) in [5, 5.41) is 3.60. The molecule has 0 spiro atoms. The van der Waals surface area contributed by atoms with Crippen LogP contribution >= 0.6 is 0 Å². The second-order valence-electron chi connectivity index (χ2n) is 5.14. The van der Waals surface area contributed by atoms with Crippen LogP contribution in [0.15, 0.2) is 36.7 Å². The van der Waals surface area contributed by atoms with E-state index in [1.165, 1.54) is 5.56 Å². The van der Waals surface area contributed by atoms with E-state index in [9.17, 15) is 0 Å². The van der Waals surface area contributed by atoms with E-state index in [2.05, 4.69) is 47.0 Å². The highest BCUT2D eigenvalue weighted by Crippen LogP contribution is 2.24. The van der Waals surface area contributed by atoms with Gasteiger partial charge < -0.3 is 14.6 Å². The molecule has 2 aromatic rings. The lowest BCUT2D eigenvalue weighted by molar-refractivity contribution is 0.413. The van der Waals surface area contributed by atoms with E-state index in [4.69, 9.17) is 4.74 Å². The Hall–Kier alpha value is -1.81. The quantitative estimate of drug-likeness (QED) is 0.809. The van der Waals surface area contributed by atoms with Crippen molar-refractivity contribution in [3.05, 3.63) is 48.0 Å². The molecular weight excluding hydrogens is 262 g/mol. The summed E-state index contributed by atoms with van der Waals surface area (Å²) in [5.41, 5.74) is 1.19. The molecule has 4 nitrogen and oxygen atoms in total. The zero-order valence-electron chi connectivity index (χ0n) is 13.2. The van der Waals surface area contributed by atoms with Gasteiger partial charge >= 0.3 is 0 Å². The van der Waals surface area contributed by atoms with Crippen LogP contribution in [0.4, 0.5) is 0 Å². The predicted molar refractivity (Wildman–Crippen MR) is 85.6 cm³/mol. The van der Waals surface area contributed by atoms with Crippen LogP contribution in [0.5, 0.6) is 5.75 Å². The molecule has 21 heavy (non-hydrogen) atoms. The number of hydrogen-bond donors (Lipinski definition) is 1. The van der Waals surface area contributed by atoms with Gasteiger partial charge in [0.1, 0.15) is 11.6 Å². The standard InChI is InChI=1S/C17H25N3O/c1-4-9-18-16(14-7-6-8-15(13-14)21-3)17-19-10-12-20(17)11-5-2/h6-8,10,12-13,16,18H,4-5,9,11H2,1-3H3. The molecular formula is C17H25N3O. The Labute approximate surface area is 127 Å². The summed E-state index contributed by atoms with van der Waals surface area (Å²) < 4.78 is 7.58. The third-order valence-corrected chi connectivity index (χ3v) is 3.50. The van der Waals surface area contributed by atoms with Crippen molar-refractivity contribution in [1.29, 1.82) is 0 Å². The largest absolute Gasteiger partial charge is 0.497 e. The Morgan fingerprint density at radius 1 is 1.29 bits per heavy atom. The summed E-state index contributed by atoms with van der Waals surface area (Å²) in [6, 6.07) is 8.31. The molecule has 0 aliphatic carbocycles. The molecule has 0 saturated heterocycles. The lowest BCUT2D eigenvalue weighted by Crippen LogP contribution is -2.26. The van der Waals surface area contributed by atoms with Crippen LogP contribution in [-0.4, -0.2) is 23.2 Å². The number of benzene rings is 1. The fourth-order valence-corrected chi connectivity index (χ4v) is 2.48. The van der Waals surface area contributed by atoms with E-state index in [1.54, 1.807) is 7.11 Å². The number of imidazole rings is 1. The smallest absolute Gasteiger partial charge is 0.130 e. The number of hydrogen-bond acceptors (Lipinski definition) is 3. The fourth-order valence-electron chi connectivity index (χ4n) is 2.48. The van der Waals surface area contributed by atoms with E-state index in [0.29, 0.717) is 0 Å². The molecule has 1 aromatic heterocycles. The molecule has 0 saturated carbocycles. The van der Waals surface area contributed by atoms with Gasteiger partial charge in [0.25, 0.3) is 0 Å². The topological polar surface area (TPSA) is 39.1 Å². The normalized spacial score (nSPS) is 12.3. The Morgan fingerprint density at radius 2 is 2.14 bits per heavy atom. The van der Waals surface area contributed by atoms with E-state index in [0.717, 1.165) is 37.5 Å². The molecule has 1 aromatic carbocycles. The number of rotatable bonds is 8. The van der Waals surface area contributed by atoms with Crippen LogP contribution in [0.2, 0.25) is 0 Å². The van der Waals surface area contributed by atoms with Gasteiger partial charge in [-0.3, -0.25) is 0 Å². The van der Waals surface area contributed by atoms with E-state index >= 15 is 0 Å². The molecule has 0 fully saturated rings. The first-order valence-electron chi connectivity index (χ1n) is 7.68. The van der Waals surface area contributed by atoms with Gasteiger partial charge in [0.2, 0.25) is 0 Å². The molecule has 1 heterocycles. The Balaban J connectivity index is 2.34. The van der Waals surface area contributed by atoms with Crippen LogP contribution in [0.3, 0.4) is 0 Å². The zero-order chi connectivity index (χ0) is 15.1. The number of methoxy groups -OCH3 is 1. The molecule has 0 bridgehead atoms. The molecule has 2 rings (SSSR count). The minimum absolute atomic E-state index is 0.0987. The van der Waals surface area contributed by atoms with Gasteiger partial charge in [-0.05, 0) is 37.1 Å². The predicted octanol–water partition coefficient (Wildman–Crippen LogP) is 3.39. The second kappa shape index (κ2) is 7.84. The molecule has 4 heteroatoms. The Kier molecular flexibility index (Phi) is 5.81.